The number of non-ortho nitro benzene ring substituents is 1. The van der Waals surface area contributed by atoms with E-state index in [1.54, 1.807) is 36.4 Å². The molecule has 148 valence electrons. The van der Waals surface area contributed by atoms with E-state index >= 15 is 0 Å². The molecule has 2 saturated heterocycles. The van der Waals surface area contributed by atoms with Gasteiger partial charge >= 0.3 is 0 Å². The van der Waals surface area contributed by atoms with Gasteiger partial charge in [-0.05, 0) is 24.5 Å². The van der Waals surface area contributed by atoms with Crippen LogP contribution >= 0.6 is 0 Å². The Kier molecular flexibility index (Phi) is 3.72. The van der Waals surface area contributed by atoms with E-state index in [1.165, 1.54) is 12.1 Å². The fourth-order valence-electron chi connectivity index (χ4n) is 5.62. The average Bonchev–Trinajstić information content (AvgIpc) is 3.35. The second-order valence-corrected chi connectivity index (χ2v) is 7.78. The van der Waals surface area contributed by atoms with Crippen LogP contribution in [-0.4, -0.2) is 39.3 Å². The first-order valence-electron chi connectivity index (χ1n) is 9.52. The van der Waals surface area contributed by atoms with Crippen molar-refractivity contribution < 1.29 is 14.6 Å². The Hall–Kier alpha value is -3.33. The maximum Gasteiger partial charge on any atom is 0.269 e. The van der Waals surface area contributed by atoms with E-state index in [-0.39, 0.29) is 22.6 Å². The highest BCUT2D eigenvalue weighted by Crippen LogP contribution is 2.58. The highest BCUT2D eigenvalue weighted by atomic mass is 16.6. The number of carbonyl (C=O) groups is 1. The summed E-state index contributed by atoms with van der Waals surface area (Å²) < 4.78 is 0. The van der Waals surface area contributed by atoms with Gasteiger partial charge in [0, 0.05) is 40.9 Å². The first kappa shape index (κ1) is 17.7. The van der Waals surface area contributed by atoms with E-state index < -0.39 is 22.4 Å². The second kappa shape index (κ2) is 6.08. The zero-order valence-corrected chi connectivity index (χ0v) is 15.4. The molecular weight excluding hydrogens is 376 g/mol. The summed E-state index contributed by atoms with van der Waals surface area (Å²) in [5.74, 6) is -1.01. The number of nitrogens with one attached hydrogen (secondary N) is 1. The zero-order chi connectivity index (χ0) is 20.3. The molecule has 0 unspecified atom stereocenters. The topological polar surface area (TPSA) is 119 Å². The molecule has 0 aromatic heterocycles. The van der Waals surface area contributed by atoms with Crippen LogP contribution in [0.2, 0.25) is 0 Å². The molecule has 29 heavy (non-hydrogen) atoms. The minimum atomic E-state index is -1.41. The molecule has 9 nitrogen and oxygen atoms in total. The van der Waals surface area contributed by atoms with Gasteiger partial charge in [0.05, 0.1) is 10.8 Å². The number of rotatable bonds is 3. The molecule has 2 aromatic carbocycles. The number of nitro benzene ring substituents is 1. The van der Waals surface area contributed by atoms with E-state index in [9.17, 15) is 25.0 Å². The maximum absolute atomic E-state index is 13.3. The molecule has 0 saturated carbocycles. The van der Waals surface area contributed by atoms with Gasteiger partial charge in [-0.3, -0.25) is 29.9 Å². The minimum Gasteiger partial charge on any atom is -0.324 e. The maximum atomic E-state index is 13.3. The fraction of sp³-hybridized carbons (Fsp3) is 0.350. The Bertz CT molecular complexity index is 1060. The van der Waals surface area contributed by atoms with Crippen molar-refractivity contribution in [1.82, 2.24) is 4.90 Å². The molecule has 3 aliphatic rings. The lowest BCUT2D eigenvalue weighted by Crippen LogP contribution is -2.55. The molecule has 2 fully saturated rings. The molecule has 0 radical (unpaired) electrons. The number of benzene rings is 2. The number of hydrogen-bond acceptors (Lipinski definition) is 6. The SMILES string of the molecule is O=C1Nc2ccccc2[C@]12[C@H]([N+](=O)[O-])[C@@H](c1cccc([N+](=O)[O-])c1)[C@H]1CCCN12. The van der Waals surface area contributed by atoms with Gasteiger partial charge in [-0.15, -0.1) is 0 Å². The first-order valence-corrected chi connectivity index (χ1v) is 9.52. The third kappa shape index (κ3) is 2.21. The average molecular weight is 394 g/mol. The van der Waals surface area contributed by atoms with Crippen molar-refractivity contribution in [1.29, 1.82) is 0 Å². The van der Waals surface area contributed by atoms with Gasteiger partial charge in [0.15, 0.2) is 5.54 Å². The van der Waals surface area contributed by atoms with Crippen LogP contribution in [0.3, 0.4) is 0 Å². The Morgan fingerprint density at radius 1 is 1.10 bits per heavy atom. The molecule has 0 aliphatic carbocycles. The molecule has 0 bridgehead atoms. The van der Waals surface area contributed by atoms with Crippen molar-refractivity contribution in [3.05, 3.63) is 79.9 Å². The van der Waals surface area contributed by atoms with Crippen LogP contribution < -0.4 is 5.32 Å². The lowest BCUT2D eigenvalue weighted by Gasteiger charge is -2.32. The summed E-state index contributed by atoms with van der Waals surface area (Å²) in [6, 6.07) is 11.7. The van der Waals surface area contributed by atoms with Crippen LogP contribution in [0, 0.1) is 20.2 Å². The summed E-state index contributed by atoms with van der Waals surface area (Å²) in [4.78, 5) is 38.1. The van der Waals surface area contributed by atoms with Crippen LogP contribution in [0.25, 0.3) is 0 Å². The van der Waals surface area contributed by atoms with Crippen LogP contribution in [0.15, 0.2) is 48.5 Å². The van der Waals surface area contributed by atoms with Gasteiger partial charge < -0.3 is 5.32 Å². The van der Waals surface area contributed by atoms with Crippen molar-refractivity contribution in [2.45, 2.75) is 36.4 Å². The standard InChI is InChI=1S/C20H18N4O5/c25-19-20(14-7-1-2-8-15(14)21-19)18(24(28)29)17(16-9-4-10-22(16)20)12-5-3-6-13(11-12)23(26)27/h1-3,5-8,11,16-18H,4,9-10H2,(H,21,25)/t16-,17+,18-,20+/m1/s1. The smallest absolute Gasteiger partial charge is 0.269 e. The number of nitrogens with zero attached hydrogens (tertiary/aromatic N) is 3. The van der Waals surface area contributed by atoms with Crippen LogP contribution in [0.5, 0.6) is 0 Å². The number of carbonyl (C=O) groups excluding carboxylic acids is 1. The van der Waals surface area contributed by atoms with Crippen LogP contribution in [0.4, 0.5) is 11.4 Å². The molecule has 9 heteroatoms. The number of anilines is 1. The number of hydrogen-bond donors (Lipinski definition) is 1. The summed E-state index contributed by atoms with van der Waals surface area (Å²) in [6.07, 6.45) is 1.52. The monoisotopic (exact) mass is 394 g/mol. The quantitative estimate of drug-likeness (QED) is 0.631. The predicted molar refractivity (Wildman–Crippen MR) is 103 cm³/mol. The van der Waals surface area contributed by atoms with E-state index in [4.69, 9.17) is 0 Å². The molecule has 1 spiro atoms. The number of nitro groups is 2. The molecule has 5 rings (SSSR count). The molecule has 2 aromatic rings. The fourth-order valence-corrected chi connectivity index (χ4v) is 5.62. The van der Waals surface area contributed by atoms with E-state index in [0.717, 1.165) is 6.42 Å². The van der Waals surface area contributed by atoms with Crippen LogP contribution in [0.1, 0.15) is 29.9 Å². The molecule has 3 aliphatic heterocycles. The van der Waals surface area contributed by atoms with Gasteiger partial charge in [0.25, 0.3) is 17.6 Å². The lowest BCUT2D eigenvalue weighted by atomic mass is 9.77. The zero-order valence-electron chi connectivity index (χ0n) is 15.4. The molecular formula is C20H18N4O5. The second-order valence-electron chi connectivity index (χ2n) is 7.78. The minimum absolute atomic E-state index is 0.105. The highest BCUT2D eigenvalue weighted by Gasteiger charge is 2.73. The lowest BCUT2D eigenvalue weighted by molar-refractivity contribution is -0.534. The molecule has 1 amide bonds. The van der Waals surface area contributed by atoms with Crippen molar-refractivity contribution in [2.24, 2.45) is 0 Å². The van der Waals surface area contributed by atoms with Gasteiger partial charge in [-0.1, -0.05) is 30.3 Å². The largest absolute Gasteiger partial charge is 0.324 e. The van der Waals surface area contributed by atoms with Crippen LogP contribution in [-0.2, 0) is 10.3 Å². The van der Waals surface area contributed by atoms with Crippen molar-refractivity contribution in [3.63, 3.8) is 0 Å². The van der Waals surface area contributed by atoms with Crippen molar-refractivity contribution in [3.8, 4) is 0 Å². The third-order valence-corrected chi connectivity index (χ3v) is 6.56. The summed E-state index contributed by atoms with van der Waals surface area (Å²) >= 11 is 0. The Morgan fingerprint density at radius 3 is 2.66 bits per heavy atom. The first-order chi connectivity index (χ1) is 14.0. The summed E-state index contributed by atoms with van der Waals surface area (Å²) in [5, 5.41) is 26.5. The molecule has 1 N–H and O–H groups in total. The van der Waals surface area contributed by atoms with E-state index in [0.29, 0.717) is 29.8 Å². The summed E-state index contributed by atoms with van der Waals surface area (Å²) in [5.41, 5.74) is 0.232. The molecule has 4 atom stereocenters. The number of fused-ring (bicyclic) bond motifs is 4. The normalized spacial score (nSPS) is 30.2. The summed E-state index contributed by atoms with van der Waals surface area (Å²) in [7, 11) is 0. The number of amides is 1. The predicted octanol–water partition coefficient (Wildman–Crippen LogP) is 2.65. The Labute approximate surface area is 165 Å². The summed E-state index contributed by atoms with van der Waals surface area (Å²) in [6.45, 7) is 0.572. The highest BCUT2D eigenvalue weighted by molar-refractivity contribution is 6.07. The van der Waals surface area contributed by atoms with E-state index in [2.05, 4.69) is 5.32 Å². The van der Waals surface area contributed by atoms with Gasteiger partial charge in [0.2, 0.25) is 0 Å². The van der Waals surface area contributed by atoms with Gasteiger partial charge in [-0.25, -0.2) is 0 Å². The van der Waals surface area contributed by atoms with Gasteiger partial charge in [0.1, 0.15) is 0 Å². The third-order valence-electron chi connectivity index (χ3n) is 6.56. The Balaban J connectivity index is 1.75. The van der Waals surface area contributed by atoms with E-state index in [1.807, 2.05) is 4.90 Å². The van der Waals surface area contributed by atoms with Crippen molar-refractivity contribution in [2.75, 3.05) is 11.9 Å². The number of para-hydroxylation sites is 1. The Morgan fingerprint density at radius 2 is 1.90 bits per heavy atom. The van der Waals surface area contributed by atoms with Crippen molar-refractivity contribution >= 4 is 17.3 Å². The van der Waals surface area contributed by atoms with Gasteiger partial charge in [-0.2, -0.15) is 0 Å². The molecule has 3 heterocycles.